The van der Waals surface area contributed by atoms with Crippen LogP contribution in [0.1, 0.15) is 67.2 Å². The number of hydrogen-bond donors (Lipinski definition) is 3. The average Bonchev–Trinajstić information content (AvgIpc) is 2.37. The first-order chi connectivity index (χ1) is 10.1. The fourth-order valence-corrected chi connectivity index (χ4v) is 2.11. The zero-order valence-corrected chi connectivity index (χ0v) is 15.6. The van der Waals surface area contributed by atoms with Crippen LogP contribution >= 0.6 is 0 Å². The molecule has 130 valence electrons. The minimum atomic E-state index is -0.211. The van der Waals surface area contributed by atoms with Gasteiger partial charge in [-0.2, -0.15) is 0 Å². The van der Waals surface area contributed by atoms with Gasteiger partial charge in [0, 0.05) is 19.1 Å². The molecule has 0 aliphatic rings. The molecule has 0 unspecified atom stereocenters. The van der Waals surface area contributed by atoms with Gasteiger partial charge in [0.25, 0.3) is 0 Å². The molecule has 3 N–H and O–H groups in total. The summed E-state index contributed by atoms with van der Waals surface area (Å²) in [7, 11) is 1.72. The van der Waals surface area contributed by atoms with Crippen LogP contribution in [0.4, 0.5) is 0 Å². The van der Waals surface area contributed by atoms with Crippen LogP contribution in [0, 0.1) is 5.41 Å². The van der Waals surface area contributed by atoms with Crippen molar-refractivity contribution in [2.75, 3.05) is 20.1 Å². The monoisotopic (exact) mass is 312 g/mol. The molecular formula is C17H36N4O. The van der Waals surface area contributed by atoms with Gasteiger partial charge in [0.05, 0.1) is 6.54 Å². The number of guanidine groups is 1. The molecule has 0 radical (unpaired) electrons. The molecule has 0 saturated carbocycles. The lowest BCUT2D eigenvalue weighted by Crippen LogP contribution is -2.49. The van der Waals surface area contributed by atoms with Gasteiger partial charge in [-0.15, -0.1) is 0 Å². The summed E-state index contributed by atoms with van der Waals surface area (Å²) in [5, 5.41) is 9.29. The second kappa shape index (κ2) is 9.70. The molecule has 0 fully saturated rings. The van der Waals surface area contributed by atoms with Gasteiger partial charge in [-0.25, -0.2) is 0 Å². The van der Waals surface area contributed by atoms with Gasteiger partial charge in [0.15, 0.2) is 5.96 Å². The number of carbonyl (C=O) groups excluding carboxylic acids is 1. The number of amides is 1. The van der Waals surface area contributed by atoms with Gasteiger partial charge < -0.3 is 16.0 Å². The van der Waals surface area contributed by atoms with Crippen molar-refractivity contribution in [1.29, 1.82) is 0 Å². The van der Waals surface area contributed by atoms with Crippen molar-refractivity contribution in [1.82, 2.24) is 16.0 Å². The molecule has 0 atom stereocenters. The van der Waals surface area contributed by atoms with E-state index in [1.807, 2.05) is 20.8 Å². The lowest BCUT2D eigenvalue weighted by atomic mass is 9.87. The summed E-state index contributed by atoms with van der Waals surface area (Å²) in [5.41, 5.74) is 0.0113. The van der Waals surface area contributed by atoms with Crippen molar-refractivity contribution < 1.29 is 4.79 Å². The summed E-state index contributed by atoms with van der Waals surface area (Å²) in [4.78, 5) is 16.0. The summed E-state index contributed by atoms with van der Waals surface area (Å²) >= 11 is 0. The first-order valence-corrected chi connectivity index (χ1v) is 8.35. The Kier molecular flexibility index (Phi) is 9.14. The van der Waals surface area contributed by atoms with Crippen molar-refractivity contribution in [3.63, 3.8) is 0 Å². The first kappa shape index (κ1) is 20.7. The smallest absolute Gasteiger partial charge is 0.239 e. The highest BCUT2D eigenvalue weighted by Crippen LogP contribution is 2.22. The topological polar surface area (TPSA) is 65.5 Å². The van der Waals surface area contributed by atoms with Crippen LogP contribution in [-0.4, -0.2) is 37.5 Å². The van der Waals surface area contributed by atoms with E-state index in [0.717, 1.165) is 6.54 Å². The molecule has 0 bridgehead atoms. The molecule has 1 amide bonds. The predicted octanol–water partition coefficient (Wildman–Crippen LogP) is 2.67. The number of aliphatic imine (C=N–C) groups is 1. The van der Waals surface area contributed by atoms with Gasteiger partial charge in [0.1, 0.15) is 0 Å². The summed E-state index contributed by atoms with van der Waals surface area (Å²) in [5.74, 6) is 0.644. The Hall–Kier alpha value is -1.26. The number of nitrogens with zero attached hydrogens (tertiary/aromatic N) is 1. The van der Waals surface area contributed by atoms with Gasteiger partial charge in [-0.1, -0.05) is 40.0 Å². The molecule has 0 aromatic rings. The Morgan fingerprint density at radius 1 is 1.05 bits per heavy atom. The number of nitrogens with one attached hydrogen (secondary N) is 3. The third-order valence-electron chi connectivity index (χ3n) is 3.35. The zero-order valence-electron chi connectivity index (χ0n) is 15.6. The maximum Gasteiger partial charge on any atom is 0.239 e. The van der Waals surface area contributed by atoms with E-state index in [4.69, 9.17) is 0 Å². The molecule has 5 nitrogen and oxygen atoms in total. The molecule has 0 heterocycles. The van der Waals surface area contributed by atoms with Crippen molar-refractivity contribution in [3.05, 3.63) is 0 Å². The van der Waals surface area contributed by atoms with Crippen LogP contribution in [0.25, 0.3) is 0 Å². The molecule has 0 aromatic heterocycles. The fourth-order valence-electron chi connectivity index (χ4n) is 2.11. The zero-order chi connectivity index (χ0) is 17.2. The quantitative estimate of drug-likeness (QED) is 0.367. The predicted molar refractivity (Wildman–Crippen MR) is 95.2 cm³/mol. The van der Waals surface area contributed by atoms with E-state index in [1.54, 1.807) is 7.05 Å². The van der Waals surface area contributed by atoms with E-state index >= 15 is 0 Å². The second-order valence-corrected chi connectivity index (χ2v) is 7.70. The van der Waals surface area contributed by atoms with Crippen LogP contribution in [0.2, 0.25) is 0 Å². The van der Waals surface area contributed by atoms with E-state index < -0.39 is 0 Å². The van der Waals surface area contributed by atoms with Gasteiger partial charge in [-0.3, -0.25) is 9.79 Å². The maximum absolute atomic E-state index is 11.8. The fraction of sp³-hybridized carbons (Fsp3) is 0.882. The molecular weight excluding hydrogens is 276 g/mol. The summed E-state index contributed by atoms with van der Waals surface area (Å²) in [6.45, 7) is 13.7. The lowest BCUT2D eigenvalue weighted by molar-refractivity contribution is -0.121. The summed E-state index contributed by atoms with van der Waals surface area (Å²) in [6, 6.07) is 0. The normalized spacial score (nSPS) is 13.0. The summed E-state index contributed by atoms with van der Waals surface area (Å²) in [6.07, 6.45) is 4.97. The molecule has 22 heavy (non-hydrogen) atoms. The molecule has 0 aliphatic carbocycles. The average molecular weight is 313 g/mol. The molecule has 0 saturated heterocycles. The Balaban J connectivity index is 4.15. The SMILES string of the molecule is CCCCCC(C)(C)CNC(=NC)NCC(=O)NC(C)(C)C. The highest BCUT2D eigenvalue weighted by Gasteiger charge is 2.18. The second-order valence-electron chi connectivity index (χ2n) is 7.70. The molecule has 0 aromatic carbocycles. The highest BCUT2D eigenvalue weighted by atomic mass is 16.2. The number of carbonyl (C=O) groups is 1. The van der Waals surface area contributed by atoms with Crippen molar-refractivity contribution >= 4 is 11.9 Å². The lowest BCUT2D eigenvalue weighted by Gasteiger charge is -2.26. The van der Waals surface area contributed by atoms with Crippen LogP contribution in [-0.2, 0) is 4.79 Å². The van der Waals surface area contributed by atoms with E-state index in [0.29, 0.717) is 5.96 Å². The van der Waals surface area contributed by atoms with Crippen LogP contribution < -0.4 is 16.0 Å². The Bertz CT molecular complexity index is 356. The third-order valence-corrected chi connectivity index (χ3v) is 3.35. The van der Waals surface area contributed by atoms with E-state index in [1.165, 1.54) is 25.7 Å². The Morgan fingerprint density at radius 3 is 2.18 bits per heavy atom. The van der Waals surface area contributed by atoms with Gasteiger partial charge in [0.2, 0.25) is 5.91 Å². The maximum atomic E-state index is 11.8. The number of unbranched alkanes of at least 4 members (excludes halogenated alkanes) is 2. The molecule has 5 heteroatoms. The minimum Gasteiger partial charge on any atom is -0.356 e. The highest BCUT2D eigenvalue weighted by molar-refractivity contribution is 5.86. The minimum absolute atomic E-state index is 0.0299. The largest absolute Gasteiger partial charge is 0.356 e. The Labute approximate surface area is 136 Å². The number of hydrogen-bond acceptors (Lipinski definition) is 2. The standard InChI is InChI=1S/C17H36N4O/c1-8-9-10-11-17(5,6)13-20-15(18-7)19-12-14(22)21-16(2,3)4/h8-13H2,1-7H3,(H,21,22)(H2,18,19,20). The van der Waals surface area contributed by atoms with Gasteiger partial charge >= 0.3 is 0 Å². The van der Waals surface area contributed by atoms with Crippen LogP contribution in [0.5, 0.6) is 0 Å². The molecule has 0 aliphatic heterocycles. The van der Waals surface area contributed by atoms with Crippen molar-refractivity contribution in [3.8, 4) is 0 Å². The van der Waals surface area contributed by atoms with Crippen LogP contribution in [0.3, 0.4) is 0 Å². The number of rotatable bonds is 8. The summed E-state index contributed by atoms with van der Waals surface area (Å²) < 4.78 is 0. The van der Waals surface area contributed by atoms with E-state index in [-0.39, 0.29) is 23.4 Å². The van der Waals surface area contributed by atoms with Crippen LogP contribution in [0.15, 0.2) is 4.99 Å². The first-order valence-electron chi connectivity index (χ1n) is 8.35. The van der Waals surface area contributed by atoms with Crippen molar-refractivity contribution in [2.24, 2.45) is 10.4 Å². The van der Waals surface area contributed by atoms with E-state index in [9.17, 15) is 4.79 Å². The van der Waals surface area contributed by atoms with Gasteiger partial charge in [-0.05, 0) is 32.6 Å². The van der Waals surface area contributed by atoms with E-state index in [2.05, 4.69) is 41.7 Å². The van der Waals surface area contributed by atoms with Crippen molar-refractivity contribution in [2.45, 2.75) is 72.8 Å². The molecule has 0 spiro atoms. The Morgan fingerprint density at radius 2 is 1.68 bits per heavy atom. The third kappa shape index (κ3) is 11.4. The molecule has 0 rings (SSSR count).